The lowest BCUT2D eigenvalue weighted by molar-refractivity contribution is -0.121. The highest BCUT2D eigenvalue weighted by atomic mass is 16.1. The topological polar surface area (TPSA) is 47.3 Å². The summed E-state index contributed by atoms with van der Waals surface area (Å²) in [5.74, 6) is 0. The summed E-state index contributed by atoms with van der Waals surface area (Å²) in [7, 11) is 0. The van der Waals surface area contributed by atoms with Gasteiger partial charge in [0, 0.05) is 38.1 Å². The van der Waals surface area contributed by atoms with Crippen LogP contribution in [0.4, 0.5) is 0 Å². The van der Waals surface area contributed by atoms with E-state index in [0.29, 0.717) is 18.5 Å². The molecule has 0 aromatic heterocycles. The molecule has 1 aliphatic carbocycles. The van der Waals surface area contributed by atoms with E-state index in [2.05, 4.69) is 11.0 Å². The van der Waals surface area contributed by atoms with Crippen LogP contribution >= 0.6 is 0 Å². The average molecular weight is 221 g/mol. The maximum absolute atomic E-state index is 11.0. The minimum atomic E-state index is 0.448. The average Bonchev–Trinajstić information content (AvgIpc) is 3.13. The largest absolute Gasteiger partial charge is 0.339 e. The van der Waals surface area contributed by atoms with Crippen LogP contribution in [0, 0.1) is 11.3 Å². The first-order valence-corrected chi connectivity index (χ1v) is 6.17. The lowest BCUT2D eigenvalue weighted by Crippen LogP contribution is -2.45. The zero-order valence-electron chi connectivity index (χ0n) is 9.64. The van der Waals surface area contributed by atoms with Crippen molar-refractivity contribution >= 4 is 6.41 Å². The fourth-order valence-electron chi connectivity index (χ4n) is 2.49. The molecule has 1 amide bonds. The van der Waals surface area contributed by atoms with E-state index in [1.807, 2.05) is 4.90 Å². The molecule has 1 saturated carbocycles. The highest BCUT2D eigenvalue weighted by Gasteiger charge is 2.34. The Balaban J connectivity index is 1.75. The van der Waals surface area contributed by atoms with Gasteiger partial charge in [-0.25, -0.2) is 0 Å². The zero-order chi connectivity index (χ0) is 11.4. The number of amides is 1. The monoisotopic (exact) mass is 221 g/mol. The molecule has 4 nitrogen and oxygen atoms in total. The molecule has 88 valence electrons. The summed E-state index contributed by atoms with van der Waals surface area (Å²) in [6.45, 7) is 2.94. The molecule has 1 saturated heterocycles. The second-order valence-electron chi connectivity index (χ2n) is 4.76. The number of carbonyl (C=O) groups excluding carboxylic acids is 1. The third kappa shape index (κ3) is 2.73. The van der Waals surface area contributed by atoms with Crippen LogP contribution in [0.5, 0.6) is 0 Å². The van der Waals surface area contributed by atoms with Gasteiger partial charge in [0.15, 0.2) is 0 Å². The van der Waals surface area contributed by atoms with Gasteiger partial charge in [0.25, 0.3) is 0 Å². The van der Waals surface area contributed by atoms with Gasteiger partial charge in [-0.2, -0.15) is 5.26 Å². The van der Waals surface area contributed by atoms with Gasteiger partial charge in [-0.1, -0.05) is 0 Å². The minimum Gasteiger partial charge on any atom is -0.339 e. The number of carbonyl (C=O) groups is 1. The summed E-state index contributed by atoms with van der Waals surface area (Å²) in [5, 5.41) is 8.53. The number of rotatable bonds is 5. The van der Waals surface area contributed by atoms with E-state index in [1.54, 1.807) is 0 Å². The Morgan fingerprint density at radius 3 is 2.38 bits per heavy atom. The Bertz CT molecular complexity index is 274. The van der Waals surface area contributed by atoms with Gasteiger partial charge < -0.3 is 9.80 Å². The third-order valence-corrected chi connectivity index (χ3v) is 3.61. The molecule has 0 N–H and O–H groups in total. The standard InChI is InChI=1S/C12H19N3O/c13-6-1-7-14-8-4-12(5-9-14)15(10-16)11-2-3-11/h10-12H,1-5,7-9H2. The van der Waals surface area contributed by atoms with E-state index in [-0.39, 0.29) is 0 Å². The molecule has 4 heteroatoms. The summed E-state index contributed by atoms with van der Waals surface area (Å²) >= 11 is 0. The maximum atomic E-state index is 11.0. The molecule has 0 atom stereocenters. The molecule has 16 heavy (non-hydrogen) atoms. The Hall–Kier alpha value is -1.08. The third-order valence-electron chi connectivity index (χ3n) is 3.61. The van der Waals surface area contributed by atoms with Gasteiger partial charge in [-0.05, 0) is 25.7 Å². The van der Waals surface area contributed by atoms with Crippen molar-refractivity contribution in [3.05, 3.63) is 0 Å². The molecule has 2 fully saturated rings. The molecule has 0 aromatic rings. The summed E-state index contributed by atoms with van der Waals surface area (Å²) in [6, 6.07) is 3.16. The number of hydrogen-bond acceptors (Lipinski definition) is 3. The number of piperidine rings is 1. The molecule has 0 bridgehead atoms. The molecule has 0 unspecified atom stereocenters. The first-order chi connectivity index (χ1) is 7.85. The normalized spacial score (nSPS) is 22.7. The van der Waals surface area contributed by atoms with Crippen LogP contribution in [0.15, 0.2) is 0 Å². The highest BCUT2D eigenvalue weighted by molar-refractivity contribution is 5.49. The molecule has 1 heterocycles. The molecular weight excluding hydrogens is 202 g/mol. The fourth-order valence-corrected chi connectivity index (χ4v) is 2.49. The van der Waals surface area contributed by atoms with Crippen LogP contribution in [0.1, 0.15) is 32.1 Å². The summed E-state index contributed by atoms with van der Waals surface area (Å²) in [4.78, 5) is 15.4. The second-order valence-corrected chi connectivity index (χ2v) is 4.76. The highest BCUT2D eigenvalue weighted by Crippen LogP contribution is 2.30. The van der Waals surface area contributed by atoms with Gasteiger partial charge >= 0.3 is 0 Å². The number of nitrogens with zero attached hydrogens (tertiary/aromatic N) is 3. The van der Waals surface area contributed by atoms with Crippen LogP contribution in [-0.2, 0) is 4.79 Å². The Morgan fingerprint density at radius 2 is 1.88 bits per heavy atom. The van der Waals surface area contributed by atoms with Gasteiger partial charge in [0.1, 0.15) is 0 Å². The predicted molar refractivity (Wildman–Crippen MR) is 60.6 cm³/mol. The van der Waals surface area contributed by atoms with Crippen LogP contribution in [0.3, 0.4) is 0 Å². The smallest absolute Gasteiger partial charge is 0.210 e. The minimum absolute atomic E-state index is 0.448. The number of likely N-dealkylation sites (tertiary alicyclic amines) is 1. The molecule has 0 aromatic carbocycles. The first kappa shape index (κ1) is 11.4. The van der Waals surface area contributed by atoms with Crippen molar-refractivity contribution < 1.29 is 4.79 Å². The quantitative estimate of drug-likeness (QED) is 0.650. The zero-order valence-corrected chi connectivity index (χ0v) is 9.64. The van der Waals surface area contributed by atoms with Gasteiger partial charge in [0.2, 0.25) is 6.41 Å². The maximum Gasteiger partial charge on any atom is 0.210 e. The fraction of sp³-hybridized carbons (Fsp3) is 0.833. The van der Waals surface area contributed by atoms with E-state index < -0.39 is 0 Å². The first-order valence-electron chi connectivity index (χ1n) is 6.17. The van der Waals surface area contributed by atoms with Crippen molar-refractivity contribution in [2.24, 2.45) is 0 Å². The van der Waals surface area contributed by atoms with Crippen molar-refractivity contribution in [2.45, 2.75) is 44.2 Å². The van der Waals surface area contributed by atoms with Gasteiger partial charge in [0.05, 0.1) is 6.07 Å². The molecular formula is C12H19N3O. The van der Waals surface area contributed by atoms with E-state index in [0.717, 1.165) is 38.9 Å². The summed E-state index contributed by atoms with van der Waals surface area (Å²) in [5.41, 5.74) is 0. The van der Waals surface area contributed by atoms with Crippen molar-refractivity contribution in [1.82, 2.24) is 9.80 Å². The van der Waals surface area contributed by atoms with E-state index >= 15 is 0 Å². The molecule has 1 aliphatic heterocycles. The van der Waals surface area contributed by atoms with Crippen LogP contribution in [-0.4, -0.2) is 47.9 Å². The van der Waals surface area contributed by atoms with Crippen LogP contribution in [0.2, 0.25) is 0 Å². The van der Waals surface area contributed by atoms with Crippen molar-refractivity contribution in [1.29, 1.82) is 5.26 Å². The van der Waals surface area contributed by atoms with Gasteiger partial charge in [-0.15, -0.1) is 0 Å². The van der Waals surface area contributed by atoms with Gasteiger partial charge in [-0.3, -0.25) is 4.79 Å². The molecule has 0 spiro atoms. The SMILES string of the molecule is N#CCCN1CCC(N(C=O)C2CC2)CC1. The number of hydrogen-bond donors (Lipinski definition) is 0. The Labute approximate surface area is 96.8 Å². The summed E-state index contributed by atoms with van der Waals surface area (Å²) in [6.07, 6.45) is 6.17. The second kappa shape index (κ2) is 5.31. The van der Waals surface area contributed by atoms with Crippen molar-refractivity contribution in [3.63, 3.8) is 0 Å². The Morgan fingerprint density at radius 1 is 1.25 bits per heavy atom. The van der Waals surface area contributed by atoms with Crippen LogP contribution < -0.4 is 0 Å². The summed E-state index contributed by atoms with van der Waals surface area (Å²) < 4.78 is 0. The van der Waals surface area contributed by atoms with Crippen molar-refractivity contribution in [2.75, 3.05) is 19.6 Å². The van der Waals surface area contributed by atoms with E-state index in [9.17, 15) is 4.79 Å². The van der Waals surface area contributed by atoms with Crippen molar-refractivity contribution in [3.8, 4) is 6.07 Å². The molecule has 2 aliphatic rings. The lowest BCUT2D eigenvalue weighted by Gasteiger charge is -2.36. The number of nitriles is 1. The van der Waals surface area contributed by atoms with Crippen LogP contribution in [0.25, 0.3) is 0 Å². The van der Waals surface area contributed by atoms with E-state index in [4.69, 9.17) is 5.26 Å². The predicted octanol–water partition coefficient (Wildman–Crippen LogP) is 0.985. The lowest BCUT2D eigenvalue weighted by atomic mass is 10.0. The van der Waals surface area contributed by atoms with E-state index in [1.165, 1.54) is 12.8 Å². The molecule has 0 radical (unpaired) electrons. The Kier molecular flexibility index (Phi) is 3.79. The molecule has 2 rings (SSSR count).